The molecule has 5 nitrogen and oxygen atoms in total. The maximum absolute atomic E-state index is 5.90. The highest BCUT2D eigenvalue weighted by molar-refractivity contribution is 5.78. The van der Waals surface area contributed by atoms with Gasteiger partial charge in [0.25, 0.3) is 0 Å². The number of nitrogens with two attached hydrogens (primary N) is 1. The molecule has 5 heteroatoms. The van der Waals surface area contributed by atoms with E-state index >= 15 is 0 Å². The van der Waals surface area contributed by atoms with Crippen LogP contribution in [0.4, 0.5) is 0 Å². The first kappa shape index (κ1) is 13.7. The number of benzene rings is 1. The SMILES string of the molecule is NC(=NCc1cc(-c2ccccc2)on1)NC1CCCC1. The third-order valence-electron chi connectivity index (χ3n) is 3.74. The topological polar surface area (TPSA) is 76.4 Å². The van der Waals surface area contributed by atoms with E-state index in [0.717, 1.165) is 17.0 Å². The summed E-state index contributed by atoms with van der Waals surface area (Å²) in [4.78, 5) is 4.33. The van der Waals surface area contributed by atoms with Crippen molar-refractivity contribution in [3.05, 3.63) is 42.1 Å². The minimum Gasteiger partial charge on any atom is -0.370 e. The maximum Gasteiger partial charge on any atom is 0.189 e. The van der Waals surface area contributed by atoms with Gasteiger partial charge in [0.15, 0.2) is 11.7 Å². The van der Waals surface area contributed by atoms with Crippen LogP contribution >= 0.6 is 0 Å². The van der Waals surface area contributed by atoms with Crippen LogP contribution in [-0.4, -0.2) is 17.2 Å². The minimum absolute atomic E-state index is 0.432. The van der Waals surface area contributed by atoms with Gasteiger partial charge in [0.2, 0.25) is 0 Å². The molecule has 0 atom stereocenters. The molecule has 1 aromatic carbocycles. The van der Waals surface area contributed by atoms with Gasteiger partial charge < -0.3 is 15.6 Å². The van der Waals surface area contributed by atoms with Crippen molar-refractivity contribution >= 4 is 5.96 Å². The average molecular weight is 284 g/mol. The molecule has 0 bridgehead atoms. The Balaban J connectivity index is 1.59. The molecule has 1 aromatic heterocycles. The van der Waals surface area contributed by atoms with Crippen molar-refractivity contribution in [3.63, 3.8) is 0 Å². The van der Waals surface area contributed by atoms with Crippen LogP contribution in [-0.2, 0) is 6.54 Å². The number of rotatable bonds is 4. The minimum atomic E-state index is 0.432. The lowest BCUT2D eigenvalue weighted by Gasteiger charge is -2.11. The molecular weight excluding hydrogens is 264 g/mol. The quantitative estimate of drug-likeness (QED) is 0.668. The molecule has 110 valence electrons. The van der Waals surface area contributed by atoms with Crippen LogP contribution in [0, 0.1) is 0 Å². The van der Waals surface area contributed by atoms with Crippen molar-refractivity contribution in [1.82, 2.24) is 10.5 Å². The predicted octanol–water partition coefficient (Wildman–Crippen LogP) is 2.69. The summed E-state index contributed by atoms with van der Waals surface area (Å²) in [7, 11) is 0. The van der Waals surface area contributed by atoms with Crippen molar-refractivity contribution in [3.8, 4) is 11.3 Å². The van der Waals surface area contributed by atoms with E-state index in [1.54, 1.807) is 0 Å². The summed E-state index contributed by atoms with van der Waals surface area (Å²) in [6.07, 6.45) is 4.90. The van der Waals surface area contributed by atoms with Crippen LogP contribution in [0.15, 0.2) is 45.9 Å². The molecule has 0 unspecified atom stereocenters. The Labute approximate surface area is 124 Å². The number of nitrogens with one attached hydrogen (secondary N) is 1. The average Bonchev–Trinajstić information content (AvgIpc) is 3.17. The molecule has 1 heterocycles. The van der Waals surface area contributed by atoms with E-state index in [0.29, 0.717) is 18.5 Å². The third kappa shape index (κ3) is 3.62. The van der Waals surface area contributed by atoms with E-state index in [1.807, 2.05) is 36.4 Å². The summed E-state index contributed by atoms with van der Waals surface area (Å²) in [5, 5.41) is 7.29. The Morgan fingerprint density at radius 2 is 2.05 bits per heavy atom. The van der Waals surface area contributed by atoms with Gasteiger partial charge in [0, 0.05) is 17.7 Å². The molecule has 3 N–H and O–H groups in total. The largest absolute Gasteiger partial charge is 0.370 e. The third-order valence-corrected chi connectivity index (χ3v) is 3.74. The Bertz CT molecular complexity index is 600. The number of aliphatic imine (C=N–C) groups is 1. The lowest BCUT2D eigenvalue weighted by Crippen LogP contribution is -2.38. The van der Waals surface area contributed by atoms with E-state index in [1.165, 1.54) is 25.7 Å². The molecule has 0 radical (unpaired) electrons. The van der Waals surface area contributed by atoms with E-state index < -0.39 is 0 Å². The number of nitrogens with zero attached hydrogens (tertiary/aromatic N) is 2. The molecule has 0 amide bonds. The van der Waals surface area contributed by atoms with Gasteiger partial charge >= 0.3 is 0 Å². The van der Waals surface area contributed by atoms with Crippen LogP contribution in [0.25, 0.3) is 11.3 Å². The van der Waals surface area contributed by atoms with Gasteiger partial charge in [0.05, 0.1) is 6.54 Å². The van der Waals surface area contributed by atoms with Gasteiger partial charge in [-0.05, 0) is 12.8 Å². The fourth-order valence-corrected chi connectivity index (χ4v) is 2.62. The number of guanidine groups is 1. The highest BCUT2D eigenvalue weighted by Crippen LogP contribution is 2.20. The van der Waals surface area contributed by atoms with Crippen molar-refractivity contribution < 1.29 is 4.52 Å². The smallest absolute Gasteiger partial charge is 0.189 e. The summed E-state index contributed by atoms with van der Waals surface area (Å²) in [5.41, 5.74) is 7.69. The first-order chi connectivity index (χ1) is 10.3. The predicted molar refractivity (Wildman–Crippen MR) is 82.7 cm³/mol. The molecular formula is C16H20N4O. The molecule has 1 aliphatic carbocycles. The van der Waals surface area contributed by atoms with Crippen LogP contribution in [0.3, 0.4) is 0 Å². The van der Waals surface area contributed by atoms with Gasteiger partial charge in [0.1, 0.15) is 5.69 Å². The monoisotopic (exact) mass is 284 g/mol. The van der Waals surface area contributed by atoms with Gasteiger partial charge in [-0.2, -0.15) is 0 Å². The van der Waals surface area contributed by atoms with Gasteiger partial charge in [-0.15, -0.1) is 0 Å². The summed E-state index contributed by atoms with van der Waals surface area (Å²) in [6.45, 7) is 0.432. The summed E-state index contributed by atoms with van der Waals surface area (Å²) in [6, 6.07) is 12.3. The highest BCUT2D eigenvalue weighted by atomic mass is 16.5. The zero-order valence-electron chi connectivity index (χ0n) is 12.0. The second-order valence-corrected chi connectivity index (χ2v) is 5.38. The van der Waals surface area contributed by atoms with Crippen molar-refractivity contribution in [2.75, 3.05) is 0 Å². The molecule has 2 aromatic rings. The van der Waals surface area contributed by atoms with E-state index in [2.05, 4.69) is 15.5 Å². The van der Waals surface area contributed by atoms with Crippen molar-refractivity contribution in [2.24, 2.45) is 10.7 Å². The van der Waals surface area contributed by atoms with Crippen molar-refractivity contribution in [1.29, 1.82) is 0 Å². The first-order valence-electron chi connectivity index (χ1n) is 7.39. The lowest BCUT2D eigenvalue weighted by atomic mass is 10.2. The molecule has 0 aliphatic heterocycles. The number of aromatic nitrogens is 1. The van der Waals surface area contributed by atoms with Gasteiger partial charge in [-0.1, -0.05) is 48.3 Å². The standard InChI is InChI=1S/C16H20N4O/c17-16(19-13-8-4-5-9-13)18-11-14-10-15(21-20-14)12-6-2-1-3-7-12/h1-3,6-7,10,13H,4-5,8-9,11H2,(H3,17,18,19). The molecule has 21 heavy (non-hydrogen) atoms. The summed E-state index contributed by atoms with van der Waals surface area (Å²) in [5.74, 6) is 1.24. The Morgan fingerprint density at radius 1 is 1.29 bits per heavy atom. The van der Waals surface area contributed by atoms with E-state index in [9.17, 15) is 0 Å². The molecule has 1 fully saturated rings. The fourth-order valence-electron chi connectivity index (χ4n) is 2.62. The van der Waals surface area contributed by atoms with E-state index in [-0.39, 0.29) is 0 Å². The Kier molecular flexibility index (Phi) is 4.19. The number of hydrogen-bond donors (Lipinski definition) is 2. The van der Waals surface area contributed by atoms with Crippen molar-refractivity contribution in [2.45, 2.75) is 38.3 Å². The molecule has 0 spiro atoms. The van der Waals surface area contributed by atoms with Crippen LogP contribution in [0.1, 0.15) is 31.4 Å². The number of hydrogen-bond acceptors (Lipinski definition) is 3. The highest BCUT2D eigenvalue weighted by Gasteiger charge is 2.14. The normalized spacial score (nSPS) is 16.3. The lowest BCUT2D eigenvalue weighted by molar-refractivity contribution is 0.424. The Morgan fingerprint density at radius 3 is 2.81 bits per heavy atom. The molecule has 1 aliphatic rings. The first-order valence-corrected chi connectivity index (χ1v) is 7.39. The van der Waals surface area contributed by atoms with E-state index in [4.69, 9.17) is 10.3 Å². The maximum atomic E-state index is 5.90. The summed E-state index contributed by atoms with van der Waals surface area (Å²) < 4.78 is 5.34. The summed E-state index contributed by atoms with van der Waals surface area (Å²) >= 11 is 0. The molecule has 1 saturated carbocycles. The molecule has 3 rings (SSSR count). The molecule has 0 saturated heterocycles. The van der Waals surface area contributed by atoms with Gasteiger partial charge in [-0.25, -0.2) is 4.99 Å². The zero-order valence-corrected chi connectivity index (χ0v) is 12.0. The zero-order chi connectivity index (χ0) is 14.5. The fraction of sp³-hybridized carbons (Fsp3) is 0.375. The second-order valence-electron chi connectivity index (χ2n) is 5.38. The van der Waals surface area contributed by atoms with Crippen LogP contribution in [0.5, 0.6) is 0 Å². The van der Waals surface area contributed by atoms with Crippen LogP contribution < -0.4 is 11.1 Å². The van der Waals surface area contributed by atoms with Crippen LogP contribution in [0.2, 0.25) is 0 Å². The second kappa shape index (κ2) is 6.43. The van der Waals surface area contributed by atoms with Gasteiger partial charge in [-0.3, -0.25) is 0 Å². The Hall–Kier alpha value is -2.30.